The lowest BCUT2D eigenvalue weighted by Crippen LogP contribution is -2.45. The summed E-state index contributed by atoms with van der Waals surface area (Å²) in [7, 11) is 1.83. The van der Waals surface area contributed by atoms with Crippen molar-refractivity contribution in [3.05, 3.63) is 10.6 Å². The van der Waals surface area contributed by atoms with Crippen LogP contribution in [0.1, 0.15) is 46.5 Å². The third-order valence-corrected chi connectivity index (χ3v) is 6.59. The number of allylic oxidation sites excluding steroid dienone is 1. The minimum absolute atomic E-state index is 0.00574. The molecule has 1 fully saturated rings. The standard InChI is InChI=1S/C19H26N4O2S/c1-12-5-7-13(8-6-12)23(4)16(24)11-26-18-15(10-21)19(2,3)14(9-20)17(25)22-18/h12-14H,5-8,11H2,1-4H3,(H,22,25)/t12?,13?,14-/m1/s1. The van der Waals surface area contributed by atoms with E-state index in [1.165, 1.54) is 11.8 Å². The lowest BCUT2D eigenvalue weighted by molar-refractivity contribution is -0.130. The van der Waals surface area contributed by atoms with Crippen LogP contribution in [0.15, 0.2) is 10.6 Å². The van der Waals surface area contributed by atoms with Crippen molar-refractivity contribution in [3.8, 4) is 12.1 Å². The molecule has 7 heteroatoms. The number of nitriles is 2. The van der Waals surface area contributed by atoms with Gasteiger partial charge in [0.05, 0.1) is 28.5 Å². The van der Waals surface area contributed by atoms with Gasteiger partial charge in [-0.1, -0.05) is 32.5 Å². The molecule has 1 aliphatic carbocycles. The van der Waals surface area contributed by atoms with E-state index in [9.17, 15) is 20.1 Å². The van der Waals surface area contributed by atoms with Gasteiger partial charge in [0.15, 0.2) is 0 Å². The second kappa shape index (κ2) is 8.14. The summed E-state index contributed by atoms with van der Waals surface area (Å²) in [6, 6.07) is 4.36. The molecule has 0 unspecified atom stereocenters. The first kappa shape index (κ1) is 20.3. The van der Waals surface area contributed by atoms with Crippen molar-refractivity contribution in [2.75, 3.05) is 12.8 Å². The first-order chi connectivity index (χ1) is 12.2. The summed E-state index contributed by atoms with van der Waals surface area (Å²) in [5.41, 5.74) is -0.515. The van der Waals surface area contributed by atoms with Gasteiger partial charge in [0, 0.05) is 18.5 Å². The van der Waals surface area contributed by atoms with Crippen LogP contribution in [0.4, 0.5) is 0 Å². The molecule has 0 aromatic heterocycles. The van der Waals surface area contributed by atoms with Gasteiger partial charge in [-0.25, -0.2) is 0 Å². The molecule has 6 nitrogen and oxygen atoms in total. The van der Waals surface area contributed by atoms with Crippen LogP contribution >= 0.6 is 11.8 Å². The molecule has 1 atom stereocenters. The average Bonchev–Trinajstić information content (AvgIpc) is 2.59. The second-order valence-electron chi connectivity index (χ2n) is 7.80. The van der Waals surface area contributed by atoms with E-state index in [0.29, 0.717) is 10.6 Å². The molecule has 140 valence electrons. The number of rotatable bonds is 4. The molecule has 1 N–H and O–H groups in total. The zero-order valence-corrected chi connectivity index (χ0v) is 16.7. The van der Waals surface area contributed by atoms with E-state index in [1.807, 2.05) is 13.1 Å². The van der Waals surface area contributed by atoms with Gasteiger partial charge in [0.1, 0.15) is 5.92 Å². The van der Waals surface area contributed by atoms with Crippen LogP contribution in [0.25, 0.3) is 0 Å². The maximum absolute atomic E-state index is 12.6. The summed E-state index contributed by atoms with van der Waals surface area (Å²) in [6.45, 7) is 5.68. The summed E-state index contributed by atoms with van der Waals surface area (Å²) in [5.74, 6) is -0.449. The number of nitrogens with zero attached hydrogens (tertiary/aromatic N) is 3. The molecule has 0 saturated heterocycles. The van der Waals surface area contributed by atoms with E-state index in [-0.39, 0.29) is 17.7 Å². The lowest BCUT2D eigenvalue weighted by atomic mass is 9.72. The molecule has 0 radical (unpaired) electrons. The highest BCUT2D eigenvalue weighted by atomic mass is 32.2. The zero-order valence-electron chi connectivity index (χ0n) is 15.8. The van der Waals surface area contributed by atoms with Gasteiger partial charge in [0.2, 0.25) is 11.8 Å². The Morgan fingerprint density at radius 2 is 1.92 bits per heavy atom. The van der Waals surface area contributed by atoms with Crippen LogP contribution in [-0.4, -0.2) is 35.6 Å². The van der Waals surface area contributed by atoms with Crippen molar-refractivity contribution in [1.29, 1.82) is 10.5 Å². The van der Waals surface area contributed by atoms with Gasteiger partial charge in [-0.2, -0.15) is 10.5 Å². The van der Waals surface area contributed by atoms with E-state index < -0.39 is 17.2 Å². The Morgan fingerprint density at radius 1 is 1.31 bits per heavy atom. The largest absolute Gasteiger partial charge is 0.342 e. The Labute approximate surface area is 159 Å². The SMILES string of the molecule is CC1CCC(N(C)C(=O)CSC2=C(C#N)C(C)(C)[C@H](C#N)C(=O)N2)CC1. The second-order valence-corrected chi connectivity index (χ2v) is 8.78. The monoisotopic (exact) mass is 374 g/mol. The van der Waals surface area contributed by atoms with E-state index in [4.69, 9.17) is 0 Å². The predicted octanol–water partition coefficient (Wildman–Crippen LogP) is 2.79. The summed E-state index contributed by atoms with van der Waals surface area (Å²) >= 11 is 1.17. The van der Waals surface area contributed by atoms with Crippen LogP contribution in [0.3, 0.4) is 0 Å². The Kier molecular flexibility index (Phi) is 6.36. The first-order valence-electron chi connectivity index (χ1n) is 8.96. The molecule has 0 aromatic rings. The summed E-state index contributed by atoms with van der Waals surface area (Å²) in [4.78, 5) is 26.5. The predicted molar refractivity (Wildman–Crippen MR) is 100 cm³/mol. The molecule has 0 aromatic carbocycles. The number of amides is 2. The molecule has 26 heavy (non-hydrogen) atoms. The van der Waals surface area contributed by atoms with E-state index in [0.717, 1.165) is 31.6 Å². The molecule has 2 amide bonds. The molecule has 2 rings (SSSR count). The number of carbonyl (C=O) groups is 2. The summed E-state index contributed by atoms with van der Waals surface area (Å²) in [6.07, 6.45) is 4.32. The Bertz CT molecular complexity index is 693. The molecular weight excluding hydrogens is 348 g/mol. The number of hydrogen-bond acceptors (Lipinski definition) is 5. The smallest absolute Gasteiger partial charge is 0.243 e. The summed E-state index contributed by atoms with van der Waals surface area (Å²) < 4.78 is 0. The molecular formula is C19H26N4O2S. The van der Waals surface area contributed by atoms with Crippen molar-refractivity contribution < 1.29 is 9.59 Å². The van der Waals surface area contributed by atoms with E-state index >= 15 is 0 Å². The number of nitrogens with one attached hydrogen (secondary N) is 1. The van der Waals surface area contributed by atoms with Gasteiger partial charge in [-0.15, -0.1) is 0 Å². The molecule has 1 aliphatic heterocycles. The highest BCUT2D eigenvalue weighted by Crippen LogP contribution is 2.41. The summed E-state index contributed by atoms with van der Waals surface area (Å²) in [5, 5.41) is 21.8. The highest BCUT2D eigenvalue weighted by molar-refractivity contribution is 8.03. The van der Waals surface area contributed by atoms with Crippen LogP contribution < -0.4 is 5.32 Å². The van der Waals surface area contributed by atoms with Crippen LogP contribution in [0, 0.1) is 39.9 Å². The molecule has 1 heterocycles. The lowest BCUT2D eigenvalue weighted by Gasteiger charge is -2.35. The maximum atomic E-state index is 12.6. The van der Waals surface area contributed by atoms with Crippen LogP contribution in [0.5, 0.6) is 0 Å². The van der Waals surface area contributed by atoms with Crippen LogP contribution in [0.2, 0.25) is 0 Å². The topological polar surface area (TPSA) is 97.0 Å². The molecule has 2 aliphatic rings. The average molecular weight is 375 g/mol. The highest BCUT2D eigenvalue weighted by Gasteiger charge is 2.44. The van der Waals surface area contributed by atoms with Gasteiger partial charge < -0.3 is 10.2 Å². The minimum atomic E-state index is -0.913. The Hall–Kier alpha value is -1.99. The zero-order chi connectivity index (χ0) is 19.5. The van der Waals surface area contributed by atoms with Crippen molar-refractivity contribution in [2.24, 2.45) is 17.3 Å². The van der Waals surface area contributed by atoms with Crippen molar-refractivity contribution >= 4 is 23.6 Å². The molecule has 1 saturated carbocycles. The van der Waals surface area contributed by atoms with Gasteiger partial charge in [0.25, 0.3) is 0 Å². The van der Waals surface area contributed by atoms with Gasteiger partial charge in [-0.3, -0.25) is 9.59 Å². The normalized spacial score (nSPS) is 27.9. The van der Waals surface area contributed by atoms with Crippen molar-refractivity contribution in [2.45, 2.75) is 52.5 Å². The fourth-order valence-corrected chi connectivity index (χ4v) is 4.70. The van der Waals surface area contributed by atoms with E-state index in [1.54, 1.807) is 18.7 Å². The Balaban J connectivity index is 2.06. The van der Waals surface area contributed by atoms with E-state index in [2.05, 4.69) is 18.3 Å². The third kappa shape index (κ3) is 4.04. The quantitative estimate of drug-likeness (QED) is 0.816. The number of thioether (sulfide) groups is 1. The molecule has 0 bridgehead atoms. The fourth-order valence-electron chi connectivity index (χ4n) is 3.60. The fraction of sp³-hybridized carbons (Fsp3) is 0.684. The van der Waals surface area contributed by atoms with Gasteiger partial charge >= 0.3 is 0 Å². The molecule has 0 spiro atoms. The maximum Gasteiger partial charge on any atom is 0.243 e. The Morgan fingerprint density at radius 3 is 2.46 bits per heavy atom. The minimum Gasteiger partial charge on any atom is -0.342 e. The number of carbonyl (C=O) groups excluding carboxylic acids is 2. The number of hydrogen-bond donors (Lipinski definition) is 1. The van der Waals surface area contributed by atoms with Crippen molar-refractivity contribution in [1.82, 2.24) is 10.2 Å². The van der Waals surface area contributed by atoms with Crippen molar-refractivity contribution in [3.63, 3.8) is 0 Å². The first-order valence-corrected chi connectivity index (χ1v) is 9.94. The van der Waals surface area contributed by atoms with Gasteiger partial charge in [-0.05, 0) is 31.6 Å². The third-order valence-electron chi connectivity index (χ3n) is 5.60. The van der Waals surface area contributed by atoms with Crippen LogP contribution in [-0.2, 0) is 9.59 Å².